The second kappa shape index (κ2) is 7.56. The average molecular weight is 202 g/mol. The number of hydrogen-bond acceptors (Lipinski definition) is 2. The molecule has 0 N–H and O–H groups in total. The molecule has 2 nitrogen and oxygen atoms in total. The van der Waals surface area contributed by atoms with Crippen LogP contribution in [-0.4, -0.2) is 31.7 Å². The van der Waals surface area contributed by atoms with Crippen LogP contribution >= 0.6 is 0 Å². The van der Waals surface area contributed by atoms with Crippen LogP contribution < -0.4 is 0 Å². The first-order valence-corrected chi connectivity index (χ1v) is 8.42. The van der Waals surface area contributed by atoms with Crippen molar-refractivity contribution in [2.24, 2.45) is 0 Å². The van der Waals surface area contributed by atoms with Gasteiger partial charge in [0.1, 0.15) is 6.10 Å². The van der Waals surface area contributed by atoms with Gasteiger partial charge in [0, 0.05) is 12.5 Å². The quantitative estimate of drug-likeness (QED) is 0.448. The van der Waals surface area contributed by atoms with Crippen molar-refractivity contribution in [3.8, 4) is 12.3 Å². The van der Waals surface area contributed by atoms with Crippen LogP contribution in [0.25, 0.3) is 0 Å². The minimum Gasteiger partial charge on any atom is -0.422 e. The van der Waals surface area contributed by atoms with Gasteiger partial charge in [-0.2, -0.15) is 0 Å². The maximum atomic E-state index is 5.50. The molecule has 0 saturated heterocycles. The van der Waals surface area contributed by atoms with Gasteiger partial charge in [-0.15, -0.1) is 6.42 Å². The second-order valence-electron chi connectivity index (χ2n) is 2.61. The Bertz CT molecular complexity index is 144. The summed E-state index contributed by atoms with van der Waals surface area (Å²) in [6, 6.07) is 0. The highest BCUT2D eigenvalue weighted by Gasteiger charge is 2.09. The van der Waals surface area contributed by atoms with Gasteiger partial charge in [-0.3, -0.25) is 0 Å². The van der Waals surface area contributed by atoms with Gasteiger partial charge in [-0.05, 0) is 6.92 Å². The summed E-state index contributed by atoms with van der Waals surface area (Å²) in [5.41, 5.74) is 0. The Labute approximate surface area is 79.9 Å². The van der Waals surface area contributed by atoms with E-state index in [0.29, 0.717) is 0 Å². The molecule has 12 heavy (non-hydrogen) atoms. The van der Waals surface area contributed by atoms with Gasteiger partial charge in [-0.1, -0.05) is 19.0 Å². The fourth-order valence-corrected chi connectivity index (χ4v) is 2.38. The molecule has 0 radical (unpaired) electrons. The Kier molecular flexibility index (Phi) is 7.50. The van der Waals surface area contributed by atoms with E-state index < -0.39 is 0 Å². The van der Waals surface area contributed by atoms with Crippen LogP contribution in [0.3, 0.4) is 0 Å². The van der Waals surface area contributed by atoms with E-state index in [1.165, 1.54) is 0 Å². The van der Waals surface area contributed by atoms with Gasteiger partial charge in [0.25, 0.3) is 0 Å². The van der Waals surface area contributed by atoms with E-state index in [0.717, 1.165) is 6.42 Å². The van der Waals surface area contributed by atoms with E-state index in [1.54, 1.807) is 0 Å². The SMILES string of the molecule is C#CC(CC(C)O[SiH2]C)O[SiH2]C. The zero-order valence-corrected chi connectivity index (χ0v) is 11.0. The smallest absolute Gasteiger partial charge is 0.160 e. The number of terminal acetylenes is 1. The van der Waals surface area contributed by atoms with Crippen LogP contribution in [0.15, 0.2) is 0 Å². The van der Waals surface area contributed by atoms with Crippen LogP contribution in [0.4, 0.5) is 0 Å². The summed E-state index contributed by atoms with van der Waals surface area (Å²) in [7, 11) is -0.699. The van der Waals surface area contributed by atoms with Gasteiger partial charge < -0.3 is 8.85 Å². The monoisotopic (exact) mass is 202 g/mol. The highest BCUT2D eigenvalue weighted by Crippen LogP contribution is 2.04. The summed E-state index contributed by atoms with van der Waals surface area (Å²) in [5.74, 6) is 2.64. The molecule has 70 valence electrons. The lowest BCUT2D eigenvalue weighted by molar-refractivity contribution is 0.160. The summed E-state index contributed by atoms with van der Waals surface area (Å²) < 4.78 is 10.9. The normalized spacial score (nSPS) is 17.2. The van der Waals surface area contributed by atoms with Crippen LogP contribution in [0.5, 0.6) is 0 Å². The van der Waals surface area contributed by atoms with Crippen molar-refractivity contribution < 1.29 is 8.85 Å². The fraction of sp³-hybridized carbons (Fsp3) is 0.750. The lowest BCUT2D eigenvalue weighted by Gasteiger charge is -2.16. The van der Waals surface area contributed by atoms with Gasteiger partial charge in [-0.25, -0.2) is 0 Å². The van der Waals surface area contributed by atoms with E-state index in [4.69, 9.17) is 15.3 Å². The van der Waals surface area contributed by atoms with Crippen molar-refractivity contribution >= 4 is 19.5 Å². The van der Waals surface area contributed by atoms with Gasteiger partial charge >= 0.3 is 0 Å². The third-order valence-corrected chi connectivity index (χ3v) is 3.19. The van der Waals surface area contributed by atoms with Crippen LogP contribution in [-0.2, 0) is 8.85 Å². The highest BCUT2D eigenvalue weighted by molar-refractivity contribution is 6.25. The van der Waals surface area contributed by atoms with Crippen molar-refractivity contribution in [2.75, 3.05) is 0 Å². The Morgan fingerprint density at radius 1 is 1.33 bits per heavy atom. The summed E-state index contributed by atoms with van der Waals surface area (Å²) in [6.45, 7) is 6.27. The molecule has 0 rings (SSSR count). The molecule has 0 aromatic rings. The Morgan fingerprint density at radius 2 is 1.92 bits per heavy atom. The van der Waals surface area contributed by atoms with Crippen molar-refractivity contribution in [3.05, 3.63) is 0 Å². The van der Waals surface area contributed by atoms with Gasteiger partial charge in [0.2, 0.25) is 0 Å². The lowest BCUT2D eigenvalue weighted by atomic mass is 10.2. The molecule has 0 fully saturated rings. The van der Waals surface area contributed by atoms with E-state index in [-0.39, 0.29) is 31.7 Å². The summed E-state index contributed by atoms with van der Waals surface area (Å²) in [6.07, 6.45) is 6.40. The van der Waals surface area contributed by atoms with E-state index in [9.17, 15) is 0 Å². The van der Waals surface area contributed by atoms with Gasteiger partial charge in [0.15, 0.2) is 19.5 Å². The third-order valence-electron chi connectivity index (χ3n) is 1.55. The molecule has 0 aromatic heterocycles. The maximum absolute atomic E-state index is 5.50. The zero-order chi connectivity index (χ0) is 9.40. The molecule has 0 aromatic carbocycles. The predicted molar refractivity (Wildman–Crippen MR) is 57.7 cm³/mol. The number of hydrogen-bond donors (Lipinski definition) is 0. The fourth-order valence-electron chi connectivity index (χ4n) is 1.04. The first-order valence-electron chi connectivity index (χ1n) is 4.43. The van der Waals surface area contributed by atoms with E-state index in [1.807, 2.05) is 0 Å². The maximum Gasteiger partial charge on any atom is 0.160 e. The van der Waals surface area contributed by atoms with Crippen molar-refractivity contribution in [2.45, 2.75) is 38.6 Å². The zero-order valence-electron chi connectivity index (χ0n) is 8.17. The Morgan fingerprint density at radius 3 is 2.33 bits per heavy atom. The van der Waals surface area contributed by atoms with Crippen molar-refractivity contribution in [3.63, 3.8) is 0 Å². The largest absolute Gasteiger partial charge is 0.422 e. The van der Waals surface area contributed by atoms with Crippen LogP contribution in [0.1, 0.15) is 13.3 Å². The lowest BCUT2D eigenvalue weighted by Crippen LogP contribution is -2.21. The Hall–Kier alpha value is -0.0862. The average Bonchev–Trinajstić information content (AvgIpc) is 2.04. The predicted octanol–water partition coefficient (Wildman–Crippen LogP) is 0.0638. The summed E-state index contributed by atoms with van der Waals surface area (Å²) in [5, 5.41) is 0. The van der Waals surface area contributed by atoms with Crippen LogP contribution in [0.2, 0.25) is 13.1 Å². The first-order chi connectivity index (χ1) is 5.74. The molecular weight excluding hydrogens is 184 g/mol. The first kappa shape index (κ1) is 11.9. The second-order valence-corrected chi connectivity index (χ2v) is 4.43. The molecular formula is C8H18O2Si2. The molecule has 0 spiro atoms. The summed E-state index contributed by atoms with van der Waals surface area (Å²) in [4.78, 5) is 0. The molecule has 2 atom stereocenters. The molecule has 2 unspecified atom stereocenters. The minimum absolute atomic E-state index is 0.0165. The minimum atomic E-state index is -0.388. The molecule has 4 heteroatoms. The molecule has 0 aliphatic carbocycles. The van der Waals surface area contributed by atoms with Crippen molar-refractivity contribution in [1.29, 1.82) is 0 Å². The Balaban J connectivity index is 3.63. The molecule has 0 bridgehead atoms. The van der Waals surface area contributed by atoms with Gasteiger partial charge in [0.05, 0.1) is 0 Å². The van der Waals surface area contributed by atoms with E-state index in [2.05, 4.69) is 25.9 Å². The molecule has 0 amide bonds. The molecule has 0 aliphatic heterocycles. The van der Waals surface area contributed by atoms with Crippen molar-refractivity contribution in [1.82, 2.24) is 0 Å². The topological polar surface area (TPSA) is 18.5 Å². The number of rotatable bonds is 6. The molecule has 0 saturated carbocycles. The molecule has 0 aliphatic rings. The van der Waals surface area contributed by atoms with E-state index >= 15 is 0 Å². The summed E-state index contributed by atoms with van der Waals surface area (Å²) >= 11 is 0. The van der Waals surface area contributed by atoms with Crippen LogP contribution in [0, 0.1) is 12.3 Å². The molecule has 0 heterocycles. The standard InChI is InChI=1S/C8H18O2Si2/c1-5-8(10-12-4)6-7(2)9-11-3/h1,7-8H,6,11-12H2,2-4H3. The highest BCUT2D eigenvalue weighted by atomic mass is 28.2. The third kappa shape index (κ3) is 5.55.